The van der Waals surface area contributed by atoms with Gasteiger partial charge in [-0.25, -0.2) is 9.59 Å². The van der Waals surface area contributed by atoms with E-state index >= 15 is 0 Å². The van der Waals surface area contributed by atoms with Gasteiger partial charge in [-0.2, -0.15) is 0 Å². The highest BCUT2D eigenvalue weighted by atomic mass is 79.9. The molecular weight excluding hydrogens is 402 g/mol. The predicted octanol–water partition coefficient (Wildman–Crippen LogP) is 2.98. The third-order valence-corrected chi connectivity index (χ3v) is 4.11. The van der Waals surface area contributed by atoms with Crippen LogP contribution in [0.15, 0.2) is 62.2 Å². The zero-order chi connectivity index (χ0) is 18.7. The van der Waals surface area contributed by atoms with Crippen LogP contribution in [0.3, 0.4) is 0 Å². The molecule has 1 heterocycles. The summed E-state index contributed by atoms with van der Waals surface area (Å²) in [6.45, 7) is 0.232. The molecule has 3 amide bonds. The zero-order valence-corrected chi connectivity index (χ0v) is 15.0. The quantitative estimate of drug-likeness (QED) is 0.607. The Kier molecular flexibility index (Phi) is 5.04. The molecule has 1 aromatic heterocycles. The molecule has 0 fully saturated rings. The van der Waals surface area contributed by atoms with Crippen molar-refractivity contribution in [2.24, 2.45) is 5.73 Å². The molecule has 0 radical (unpaired) electrons. The molecule has 0 aliphatic rings. The Balaban J connectivity index is 1.73. The molecule has 0 spiro atoms. The number of carbonyl (C=O) groups excluding carboxylic acids is 2. The molecule has 0 atom stereocenters. The van der Waals surface area contributed by atoms with Crippen LogP contribution in [0.2, 0.25) is 0 Å². The molecule has 3 rings (SSSR count). The van der Waals surface area contributed by atoms with Crippen LogP contribution in [0.25, 0.3) is 10.8 Å². The Bertz CT molecular complexity index is 1040. The molecule has 0 saturated heterocycles. The van der Waals surface area contributed by atoms with Crippen molar-refractivity contribution in [2.45, 2.75) is 6.54 Å². The molecule has 0 bridgehead atoms. The largest absolute Gasteiger partial charge is 0.417 e. The lowest BCUT2D eigenvalue weighted by Crippen LogP contribution is -2.24. The fourth-order valence-electron chi connectivity index (χ4n) is 2.39. The van der Waals surface area contributed by atoms with Gasteiger partial charge in [0.05, 0.1) is 5.39 Å². The SMILES string of the molecule is NC(=O)Nc1ccc(CNC(=O)c2cc3cc(Br)ccc3c(=O)o2)cc1. The smallest absolute Gasteiger partial charge is 0.344 e. The van der Waals surface area contributed by atoms with Gasteiger partial charge in [0.1, 0.15) is 0 Å². The number of halogens is 1. The summed E-state index contributed by atoms with van der Waals surface area (Å²) in [5.41, 5.74) is 5.83. The molecular formula is C18H14BrN3O4. The van der Waals surface area contributed by atoms with E-state index in [2.05, 4.69) is 26.6 Å². The average molecular weight is 416 g/mol. The van der Waals surface area contributed by atoms with Crippen molar-refractivity contribution in [3.05, 3.63) is 74.7 Å². The molecule has 8 heteroatoms. The number of amides is 3. The minimum Gasteiger partial charge on any atom is -0.417 e. The Morgan fingerprint density at radius 2 is 1.81 bits per heavy atom. The normalized spacial score (nSPS) is 10.5. The van der Waals surface area contributed by atoms with Gasteiger partial charge in [-0.1, -0.05) is 28.1 Å². The highest BCUT2D eigenvalue weighted by Crippen LogP contribution is 2.18. The first-order valence-electron chi connectivity index (χ1n) is 7.59. The standard InChI is InChI=1S/C18H14BrN3O4/c19-12-3-6-14-11(7-12)8-15(26-17(14)24)16(23)21-9-10-1-4-13(5-2-10)22-18(20)25/h1-8H,9H2,(H,21,23)(H3,20,22,25). The molecule has 0 aliphatic heterocycles. The van der Waals surface area contributed by atoms with Gasteiger partial charge in [0.15, 0.2) is 5.76 Å². The third-order valence-electron chi connectivity index (χ3n) is 3.62. The maximum Gasteiger partial charge on any atom is 0.344 e. The highest BCUT2D eigenvalue weighted by molar-refractivity contribution is 9.10. The lowest BCUT2D eigenvalue weighted by atomic mass is 10.1. The number of hydrogen-bond acceptors (Lipinski definition) is 4. The molecule has 2 aromatic carbocycles. The van der Waals surface area contributed by atoms with Crippen LogP contribution in [-0.4, -0.2) is 11.9 Å². The summed E-state index contributed by atoms with van der Waals surface area (Å²) in [7, 11) is 0. The number of anilines is 1. The molecule has 4 N–H and O–H groups in total. The molecule has 132 valence electrons. The minimum atomic E-state index is -0.649. The number of benzene rings is 2. The van der Waals surface area contributed by atoms with Crippen molar-refractivity contribution in [3.8, 4) is 0 Å². The van der Waals surface area contributed by atoms with Crippen LogP contribution in [0.5, 0.6) is 0 Å². The van der Waals surface area contributed by atoms with E-state index in [-0.39, 0.29) is 12.3 Å². The second-order valence-electron chi connectivity index (χ2n) is 5.50. The number of nitrogens with two attached hydrogens (primary N) is 1. The van der Waals surface area contributed by atoms with Crippen LogP contribution in [0, 0.1) is 0 Å². The fraction of sp³-hybridized carbons (Fsp3) is 0.0556. The van der Waals surface area contributed by atoms with Gasteiger partial charge in [-0.15, -0.1) is 0 Å². The van der Waals surface area contributed by atoms with E-state index in [4.69, 9.17) is 10.2 Å². The van der Waals surface area contributed by atoms with Gasteiger partial charge in [0, 0.05) is 16.7 Å². The maximum absolute atomic E-state index is 12.3. The molecule has 26 heavy (non-hydrogen) atoms. The van der Waals surface area contributed by atoms with Crippen molar-refractivity contribution in [1.82, 2.24) is 5.32 Å². The van der Waals surface area contributed by atoms with E-state index < -0.39 is 17.6 Å². The van der Waals surface area contributed by atoms with Crippen LogP contribution in [-0.2, 0) is 6.54 Å². The van der Waals surface area contributed by atoms with Crippen LogP contribution >= 0.6 is 15.9 Å². The third kappa shape index (κ3) is 4.09. The number of rotatable bonds is 4. The summed E-state index contributed by atoms with van der Waals surface area (Å²) in [6.07, 6.45) is 0. The molecule has 7 nitrogen and oxygen atoms in total. The van der Waals surface area contributed by atoms with E-state index in [1.807, 2.05) is 0 Å². The van der Waals surface area contributed by atoms with Gasteiger partial charge in [0.25, 0.3) is 5.91 Å². The van der Waals surface area contributed by atoms with Gasteiger partial charge in [0.2, 0.25) is 0 Å². The highest BCUT2D eigenvalue weighted by Gasteiger charge is 2.12. The van der Waals surface area contributed by atoms with Crippen LogP contribution in [0.1, 0.15) is 16.1 Å². The first kappa shape index (κ1) is 17.7. The van der Waals surface area contributed by atoms with E-state index in [0.29, 0.717) is 16.5 Å². The number of hydrogen-bond donors (Lipinski definition) is 3. The lowest BCUT2D eigenvalue weighted by Gasteiger charge is -2.07. The van der Waals surface area contributed by atoms with Crippen LogP contribution in [0.4, 0.5) is 10.5 Å². The number of carbonyl (C=O) groups is 2. The van der Waals surface area contributed by atoms with Crippen molar-refractivity contribution in [1.29, 1.82) is 0 Å². The van der Waals surface area contributed by atoms with Crippen LogP contribution < -0.4 is 22.0 Å². The van der Waals surface area contributed by atoms with Gasteiger partial charge >= 0.3 is 11.7 Å². The second-order valence-corrected chi connectivity index (χ2v) is 6.41. The average Bonchev–Trinajstić information content (AvgIpc) is 2.60. The first-order chi connectivity index (χ1) is 12.4. The monoisotopic (exact) mass is 415 g/mol. The molecule has 3 aromatic rings. The molecule has 0 unspecified atom stereocenters. The molecule has 0 saturated carbocycles. The molecule has 0 aliphatic carbocycles. The summed E-state index contributed by atoms with van der Waals surface area (Å²) in [5.74, 6) is -0.559. The Morgan fingerprint density at radius 1 is 1.08 bits per heavy atom. The van der Waals surface area contributed by atoms with E-state index in [0.717, 1.165) is 10.0 Å². The Labute approximate surface area is 156 Å². The first-order valence-corrected chi connectivity index (χ1v) is 8.39. The Morgan fingerprint density at radius 3 is 2.50 bits per heavy atom. The van der Waals surface area contributed by atoms with Crippen molar-refractivity contribution in [2.75, 3.05) is 5.32 Å². The summed E-state index contributed by atoms with van der Waals surface area (Å²) in [5, 5.41) is 6.15. The predicted molar refractivity (Wildman–Crippen MR) is 101 cm³/mol. The number of nitrogens with one attached hydrogen (secondary N) is 2. The topological polar surface area (TPSA) is 114 Å². The summed E-state index contributed by atoms with van der Waals surface area (Å²) in [4.78, 5) is 35.1. The van der Waals surface area contributed by atoms with Gasteiger partial charge in [-0.05, 0) is 47.3 Å². The lowest BCUT2D eigenvalue weighted by molar-refractivity contribution is 0.0919. The number of fused-ring (bicyclic) bond motifs is 1. The summed E-state index contributed by atoms with van der Waals surface area (Å²) in [6, 6.07) is 12.8. The summed E-state index contributed by atoms with van der Waals surface area (Å²) >= 11 is 3.33. The second kappa shape index (κ2) is 7.40. The van der Waals surface area contributed by atoms with Gasteiger partial charge in [-0.3, -0.25) is 4.79 Å². The zero-order valence-electron chi connectivity index (χ0n) is 13.4. The number of urea groups is 1. The van der Waals surface area contributed by atoms with E-state index in [1.54, 1.807) is 42.5 Å². The van der Waals surface area contributed by atoms with E-state index in [9.17, 15) is 14.4 Å². The van der Waals surface area contributed by atoms with Crippen molar-refractivity contribution >= 4 is 44.3 Å². The Hall–Kier alpha value is -3.13. The summed E-state index contributed by atoms with van der Waals surface area (Å²) < 4.78 is 5.90. The van der Waals surface area contributed by atoms with Crippen molar-refractivity contribution in [3.63, 3.8) is 0 Å². The minimum absolute atomic E-state index is 0.0624. The van der Waals surface area contributed by atoms with Crippen molar-refractivity contribution < 1.29 is 14.0 Å². The van der Waals surface area contributed by atoms with E-state index in [1.165, 1.54) is 6.07 Å². The number of primary amides is 1. The van der Waals surface area contributed by atoms with Gasteiger partial charge < -0.3 is 20.8 Å². The fourth-order valence-corrected chi connectivity index (χ4v) is 2.77. The maximum atomic E-state index is 12.3.